The van der Waals surface area contributed by atoms with Gasteiger partial charge in [0.25, 0.3) is 5.91 Å². The van der Waals surface area contributed by atoms with Crippen molar-refractivity contribution in [3.63, 3.8) is 0 Å². The Labute approximate surface area is 157 Å². The van der Waals surface area contributed by atoms with Gasteiger partial charge in [-0.25, -0.2) is 15.2 Å². The van der Waals surface area contributed by atoms with E-state index >= 15 is 0 Å². The molecular formula is C19H23FN6O. The smallest absolute Gasteiger partial charge is 0.254 e. The van der Waals surface area contributed by atoms with Crippen molar-refractivity contribution in [1.82, 2.24) is 31.7 Å². The number of carbonyl (C=O) groups is 1. The molecule has 1 amide bonds. The Morgan fingerprint density at radius 2 is 1.74 bits per heavy atom. The summed E-state index contributed by atoms with van der Waals surface area (Å²) in [5, 5.41) is 0. The minimum absolute atomic E-state index is 0.0338. The van der Waals surface area contributed by atoms with Gasteiger partial charge in [0.15, 0.2) is 0 Å². The second kappa shape index (κ2) is 8.12. The molecule has 0 radical (unpaired) electrons. The summed E-state index contributed by atoms with van der Waals surface area (Å²) in [6, 6.07) is 14.3. The molecule has 2 heterocycles. The maximum absolute atomic E-state index is 13.4. The van der Waals surface area contributed by atoms with Crippen LogP contribution in [0.2, 0.25) is 0 Å². The monoisotopic (exact) mass is 370 g/mol. The highest BCUT2D eigenvalue weighted by Gasteiger charge is 2.26. The van der Waals surface area contributed by atoms with Gasteiger partial charge in [-0.3, -0.25) is 9.69 Å². The molecule has 0 unspecified atom stereocenters. The molecular weight excluding hydrogens is 347 g/mol. The molecule has 2 aliphatic rings. The van der Waals surface area contributed by atoms with Gasteiger partial charge in [-0.15, -0.1) is 0 Å². The zero-order valence-corrected chi connectivity index (χ0v) is 14.9. The number of carbonyl (C=O) groups excluding carboxylic acids is 1. The second-order valence-electron chi connectivity index (χ2n) is 6.76. The van der Waals surface area contributed by atoms with Gasteiger partial charge in [0, 0.05) is 38.3 Å². The van der Waals surface area contributed by atoms with Crippen molar-refractivity contribution >= 4 is 5.91 Å². The van der Waals surface area contributed by atoms with Crippen molar-refractivity contribution < 1.29 is 9.18 Å². The van der Waals surface area contributed by atoms with Gasteiger partial charge >= 0.3 is 0 Å². The second-order valence-corrected chi connectivity index (χ2v) is 6.76. The number of nitrogens with zero attached hydrogens (tertiary/aromatic N) is 2. The van der Waals surface area contributed by atoms with Crippen LogP contribution in [0.25, 0.3) is 0 Å². The summed E-state index contributed by atoms with van der Waals surface area (Å²) in [6.45, 7) is 3.56. The molecule has 27 heavy (non-hydrogen) atoms. The van der Waals surface area contributed by atoms with Crippen LogP contribution in [-0.2, 0) is 6.54 Å². The van der Waals surface area contributed by atoms with E-state index < -0.39 is 0 Å². The number of hydrogen-bond donors (Lipinski definition) is 4. The maximum Gasteiger partial charge on any atom is 0.254 e. The van der Waals surface area contributed by atoms with Crippen LogP contribution in [0.3, 0.4) is 0 Å². The van der Waals surface area contributed by atoms with Gasteiger partial charge in [0.05, 0.1) is 0 Å². The van der Waals surface area contributed by atoms with Crippen LogP contribution in [0.1, 0.15) is 27.7 Å². The standard InChI is InChI=1S/C19H23FN6O/c20-15-5-3-4-14(12-15)13-25-8-10-26(11-9-25)19(27)17-7-2-1-6-16(17)18-21-23-24-22-18/h1-7,12,18,21-24H,8-11,13H2. The molecule has 2 aliphatic heterocycles. The number of amides is 1. The van der Waals surface area contributed by atoms with Crippen LogP contribution in [0.4, 0.5) is 4.39 Å². The van der Waals surface area contributed by atoms with Crippen molar-refractivity contribution in [3.05, 3.63) is 71.0 Å². The molecule has 0 aliphatic carbocycles. The molecule has 0 bridgehead atoms. The van der Waals surface area contributed by atoms with Gasteiger partial charge in [-0.05, 0) is 29.3 Å². The Morgan fingerprint density at radius 3 is 2.48 bits per heavy atom. The first kappa shape index (κ1) is 18.0. The number of hydrazine groups is 3. The van der Waals surface area contributed by atoms with Crippen LogP contribution in [-0.4, -0.2) is 41.9 Å². The first-order chi connectivity index (χ1) is 13.2. The van der Waals surface area contributed by atoms with E-state index in [1.165, 1.54) is 6.07 Å². The normalized spacial score (nSPS) is 18.8. The first-order valence-corrected chi connectivity index (χ1v) is 9.07. The van der Waals surface area contributed by atoms with E-state index in [2.05, 4.69) is 26.8 Å². The quantitative estimate of drug-likeness (QED) is 0.641. The molecule has 4 rings (SSSR count). The lowest BCUT2D eigenvalue weighted by atomic mass is 10.0. The molecule has 4 N–H and O–H groups in total. The predicted molar refractivity (Wildman–Crippen MR) is 99.3 cm³/mol. The van der Waals surface area contributed by atoms with Gasteiger partial charge in [0.2, 0.25) is 0 Å². The van der Waals surface area contributed by atoms with Crippen LogP contribution < -0.4 is 21.9 Å². The highest BCUT2D eigenvalue weighted by molar-refractivity contribution is 5.96. The minimum atomic E-state index is -0.212. The van der Waals surface area contributed by atoms with E-state index in [0.29, 0.717) is 25.2 Å². The summed E-state index contributed by atoms with van der Waals surface area (Å²) in [7, 11) is 0. The van der Waals surface area contributed by atoms with E-state index in [1.807, 2.05) is 35.2 Å². The summed E-state index contributed by atoms with van der Waals surface area (Å²) in [5.74, 6) is -0.178. The molecule has 2 aromatic carbocycles. The molecule has 8 heteroatoms. The molecule has 0 spiro atoms. The SMILES string of the molecule is O=C(c1ccccc1C1NNNN1)N1CCN(Cc2cccc(F)c2)CC1. The van der Waals surface area contributed by atoms with Gasteiger partial charge in [0.1, 0.15) is 12.0 Å². The molecule has 7 nitrogen and oxygen atoms in total. The highest BCUT2D eigenvalue weighted by atomic mass is 19.1. The summed E-state index contributed by atoms with van der Waals surface area (Å²) >= 11 is 0. The van der Waals surface area contributed by atoms with Crippen molar-refractivity contribution in [1.29, 1.82) is 0 Å². The Kier molecular flexibility index (Phi) is 5.42. The maximum atomic E-state index is 13.4. The third kappa shape index (κ3) is 4.15. The van der Waals surface area contributed by atoms with Crippen LogP contribution >= 0.6 is 0 Å². The summed E-state index contributed by atoms with van der Waals surface area (Å²) in [5.41, 5.74) is 14.2. The average Bonchev–Trinajstić information content (AvgIpc) is 3.23. The number of nitrogens with one attached hydrogen (secondary N) is 4. The number of halogens is 1. The number of benzene rings is 2. The molecule has 2 saturated heterocycles. The lowest BCUT2D eigenvalue weighted by Crippen LogP contribution is -2.48. The Hall–Kier alpha value is -2.36. The fraction of sp³-hybridized carbons (Fsp3) is 0.316. The van der Waals surface area contributed by atoms with E-state index in [0.717, 1.165) is 24.2 Å². The lowest BCUT2D eigenvalue weighted by Gasteiger charge is -2.35. The van der Waals surface area contributed by atoms with Crippen molar-refractivity contribution in [2.45, 2.75) is 12.7 Å². The zero-order valence-electron chi connectivity index (χ0n) is 14.9. The fourth-order valence-electron chi connectivity index (χ4n) is 3.52. The Morgan fingerprint density at radius 1 is 1.00 bits per heavy atom. The van der Waals surface area contributed by atoms with E-state index in [1.54, 1.807) is 12.1 Å². The van der Waals surface area contributed by atoms with Crippen molar-refractivity contribution in [3.8, 4) is 0 Å². The zero-order chi connectivity index (χ0) is 18.6. The first-order valence-electron chi connectivity index (χ1n) is 9.07. The van der Waals surface area contributed by atoms with Crippen molar-refractivity contribution in [2.24, 2.45) is 0 Å². The fourth-order valence-corrected chi connectivity index (χ4v) is 3.52. The van der Waals surface area contributed by atoms with Crippen molar-refractivity contribution in [2.75, 3.05) is 26.2 Å². The van der Waals surface area contributed by atoms with Gasteiger partial charge in [-0.1, -0.05) is 30.3 Å². The summed E-state index contributed by atoms with van der Waals surface area (Å²) < 4.78 is 13.4. The molecule has 2 fully saturated rings. The van der Waals surface area contributed by atoms with E-state index in [-0.39, 0.29) is 17.9 Å². The largest absolute Gasteiger partial charge is 0.336 e. The molecule has 0 atom stereocenters. The molecule has 2 aromatic rings. The highest BCUT2D eigenvalue weighted by Crippen LogP contribution is 2.19. The lowest BCUT2D eigenvalue weighted by molar-refractivity contribution is 0.0626. The molecule has 0 saturated carbocycles. The molecule has 142 valence electrons. The number of hydrogen-bond acceptors (Lipinski definition) is 6. The summed E-state index contributed by atoms with van der Waals surface area (Å²) in [6.07, 6.45) is -0.181. The third-order valence-electron chi connectivity index (χ3n) is 4.95. The summed E-state index contributed by atoms with van der Waals surface area (Å²) in [4.78, 5) is 17.2. The number of rotatable bonds is 4. The average molecular weight is 370 g/mol. The van der Waals surface area contributed by atoms with Gasteiger partial charge in [-0.2, -0.15) is 11.1 Å². The molecule has 0 aromatic heterocycles. The van der Waals surface area contributed by atoms with Crippen LogP contribution in [0.15, 0.2) is 48.5 Å². The minimum Gasteiger partial charge on any atom is -0.336 e. The van der Waals surface area contributed by atoms with E-state index in [9.17, 15) is 9.18 Å². The number of piperazine rings is 1. The topological polar surface area (TPSA) is 71.7 Å². The van der Waals surface area contributed by atoms with Crippen LogP contribution in [0, 0.1) is 5.82 Å². The predicted octanol–water partition coefficient (Wildman–Crippen LogP) is 0.899. The van der Waals surface area contributed by atoms with E-state index in [4.69, 9.17) is 0 Å². The Balaban J connectivity index is 1.39. The van der Waals surface area contributed by atoms with Gasteiger partial charge < -0.3 is 4.90 Å². The third-order valence-corrected chi connectivity index (χ3v) is 4.95. The Bertz CT molecular complexity index is 802. The van der Waals surface area contributed by atoms with Crippen LogP contribution in [0.5, 0.6) is 0 Å².